The molecule has 0 unspecified atom stereocenters. The van der Waals surface area contributed by atoms with Gasteiger partial charge < -0.3 is 5.73 Å². The zero-order valence-electron chi connectivity index (χ0n) is 10.3. The van der Waals surface area contributed by atoms with Gasteiger partial charge >= 0.3 is 0 Å². The van der Waals surface area contributed by atoms with Gasteiger partial charge in [0.15, 0.2) is 5.82 Å². The molecular weight excluding hydrogens is 212 g/mol. The predicted molar refractivity (Wildman–Crippen MR) is 68.7 cm³/mol. The summed E-state index contributed by atoms with van der Waals surface area (Å²) in [6.45, 7) is 4.18. The number of nitrogens with one attached hydrogen (secondary N) is 1. The van der Waals surface area contributed by atoms with Crippen LogP contribution in [0.5, 0.6) is 0 Å². The average molecular weight is 230 g/mol. The molecule has 1 aromatic carbocycles. The molecule has 0 bridgehead atoms. The van der Waals surface area contributed by atoms with E-state index in [-0.39, 0.29) is 0 Å². The molecule has 4 heteroatoms. The summed E-state index contributed by atoms with van der Waals surface area (Å²) in [5.74, 6) is 2.21. The summed E-state index contributed by atoms with van der Waals surface area (Å²) in [5.41, 5.74) is 7.71. The second-order valence-corrected chi connectivity index (χ2v) is 4.54. The average Bonchev–Trinajstić information content (AvgIpc) is 2.77. The Morgan fingerprint density at radius 1 is 1.18 bits per heavy atom. The molecule has 3 N–H and O–H groups in total. The second kappa shape index (κ2) is 4.99. The smallest absolute Gasteiger partial charge is 0.153 e. The van der Waals surface area contributed by atoms with Gasteiger partial charge in [-0.25, -0.2) is 4.98 Å². The number of hydrogen-bond donors (Lipinski definition) is 2. The molecular formula is C13H18N4. The SMILES string of the molecule is CC(C)c1n[nH]c(CCc2ccc(N)cc2)n1. The van der Waals surface area contributed by atoms with Crippen LogP contribution in [0.3, 0.4) is 0 Å². The maximum atomic E-state index is 5.64. The van der Waals surface area contributed by atoms with E-state index in [2.05, 4.69) is 41.2 Å². The van der Waals surface area contributed by atoms with Crippen molar-refractivity contribution < 1.29 is 0 Å². The summed E-state index contributed by atoms with van der Waals surface area (Å²) in [6, 6.07) is 7.95. The van der Waals surface area contributed by atoms with Crippen LogP contribution in [0, 0.1) is 0 Å². The third-order valence-corrected chi connectivity index (χ3v) is 2.70. The topological polar surface area (TPSA) is 67.6 Å². The van der Waals surface area contributed by atoms with E-state index in [1.165, 1.54) is 5.56 Å². The van der Waals surface area contributed by atoms with Crippen molar-refractivity contribution >= 4 is 5.69 Å². The van der Waals surface area contributed by atoms with E-state index in [1.807, 2.05) is 12.1 Å². The number of hydrogen-bond acceptors (Lipinski definition) is 3. The van der Waals surface area contributed by atoms with Crippen LogP contribution in [0.25, 0.3) is 0 Å². The molecule has 1 heterocycles. The highest BCUT2D eigenvalue weighted by Crippen LogP contribution is 2.10. The number of nitrogen functional groups attached to an aromatic ring is 1. The zero-order chi connectivity index (χ0) is 12.3. The summed E-state index contributed by atoms with van der Waals surface area (Å²) in [7, 11) is 0. The van der Waals surface area contributed by atoms with Crippen LogP contribution in [0.4, 0.5) is 5.69 Å². The number of nitrogens with two attached hydrogens (primary N) is 1. The molecule has 0 aliphatic rings. The summed E-state index contributed by atoms with van der Waals surface area (Å²) in [6.07, 6.45) is 1.83. The van der Waals surface area contributed by atoms with E-state index in [1.54, 1.807) is 0 Å². The molecule has 0 radical (unpaired) electrons. The van der Waals surface area contributed by atoms with Crippen LogP contribution >= 0.6 is 0 Å². The fourth-order valence-corrected chi connectivity index (χ4v) is 1.63. The van der Waals surface area contributed by atoms with Gasteiger partial charge in [0.25, 0.3) is 0 Å². The van der Waals surface area contributed by atoms with Crippen molar-refractivity contribution in [3.05, 3.63) is 41.5 Å². The van der Waals surface area contributed by atoms with Gasteiger partial charge in [0.05, 0.1) is 0 Å². The first-order valence-electron chi connectivity index (χ1n) is 5.90. The maximum absolute atomic E-state index is 5.64. The molecule has 1 aromatic heterocycles. The molecule has 0 fully saturated rings. The van der Waals surface area contributed by atoms with Gasteiger partial charge in [0.1, 0.15) is 5.82 Å². The van der Waals surface area contributed by atoms with Crippen molar-refractivity contribution in [2.45, 2.75) is 32.6 Å². The van der Waals surface area contributed by atoms with E-state index in [4.69, 9.17) is 5.73 Å². The number of nitrogens with zero attached hydrogens (tertiary/aromatic N) is 2. The highest BCUT2D eigenvalue weighted by Gasteiger charge is 2.06. The number of anilines is 1. The Morgan fingerprint density at radius 3 is 2.47 bits per heavy atom. The Labute approximate surface area is 101 Å². The fraction of sp³-hybridized carbons (Fsp3) is 0.385. The number of H-pyrrole nitrogens is 1. The molecule has 0 saturated carbocycles. The van der Waals surface area contributed by atoms with E-state index < -0.39 is 0 Å². The first-order chi connectivity index (χ1) is 8.15. The first-order valence-corrected chi connectivity index (χ1v) is 5.90. The Hall–Kier alpha value is -1.84. The number of benzene rings is 1. The van der Waals surface area contributed by atoms with Gasteiger partial charge in [0, 0.05) is 18.0 Å². The fourth-order valence-electron chi connectivity index (χ4n) is 1.63. The third-order valence-electron chi connectivity index (χ3n) is 2.70. The third kappa shape index (κ3) is 3.06. The van der Waals surface area contributed by atoms with Gasteiger partial charge in [-0.2, -0.15) is 5.10 Å². The van der Waals surface area contributed by atoms with Crippen molar-refractivity contribution in [1.82, 2.24) is 15.2 Å². The molecule has 4 nitrogen and oxygen atoms in total. The number of aryl methyl sites for hydroxylation is 2. The summed E-state index contributed by atoms with van der Waals surface area (Å²) in [5, 5.41) is 7.17. The standard InChI is InChI=1S/C13H18N4/c1-9(2)13-15-12(16-17-13)8-5-10-3-6-11(14)7-4-10/h3-4,6-7,9H,5,8,14H2,1-2H3,(H,15,16,17). The minimum Gasteiger partial charge on any atom is -0.399 e. The zero-order valence-corrected chi connectivity index (χ0v) is 10.3. The molecule has 0 atom stereocenters. The minimum absolute atomic E-state index is 0.372. The van der Waals surface area contributed by atoms with Crippen molar-refractivity contribution in [2.75, 3.05) is 5.73 Å². The monoisotopic (exact) mass is 230 g/mol. The summed E-state index contributed by atoms with van der Waals surface area (Å²) in [4.78, 5) is 4.45. The molecule has 0 spiro atoms. The van der Waals surface area contributed by atoms with E-state index >= 15 is 0 Å². The van der Waals surface area contributed by atoms with Gasteiger partial charge in [0.2, 0.25) is 0 Å². The molecule has 0 saturated heterocycles. The van der Waals surface area contributed by atoms with Crippen molar-refractivity contribution in [2.24, 2.45) is 0 Å². The van der Waals surface area contributed by atoms with Crippen LogP contribution in [-0.4, -0.2) is 15.2 Å². The van der Waals surface area contributed by atoms with Crippen molar-refractivity contribution in [3.8, 4) is 0 Å². The molecule has 0 aliphatic carbocycles. The quantitative estimate of drug-likeness (QED) is 0.792. The lowest BCUT2D eigenvalue weighted by molar-refractivity contribution is 0.780. The first kappa shape index (κ1) is 11.6. The second-order valence-electron chi connectivity index (χ2n) is 4.54. The highest BCUT2D eigenvalue weighted by atomic mass is 15.2. The maximum Gasteiger partial charge on any atom is 0.153 e. The van der Waals surface area contributed by atoms with Gasteiger partial charge in [-0.1, -0.05) is 26.0 Å². The Bertz CT molecular complexity index is 470. The van der Waals surface area contributed by atoms with Crippen molar-refractivity contribution in [1.29, 1.82) is 0 Å². The van der Waals surface area contributed by atoms with Crippen LogP contribution in [-0.2, 0) is 12.8 Å². The minimum atomic E-state index is 0.372. The highest BCUT2D eigenvalue weighted by molar-refractivity contribution is 5.39. The number of rotatable bonds is 4. The van der Waals surface area contributed by atoms with Crippen LogP contribution < -0.4 is 5.73 Å². The van der Waals surface area contributed by atoms with Crippen LogP contribution in [0.2, 0.25) is 0 Å². The van der Waals surface area contributed by atoms with E-state index in [9.17, 15) is 0 Å². The van der Waals surface area contributed by atoms with Gasteiger partial charge in [-0.3, -0.25) is 5.10 Å². The molecule has 0 aliphatic heterocycles. The van der Waals surface area contributed by atoms with Crippen molar-refractivity contribution in [3.63, 3.8) is 0 Å². The Kier molecular flexibility index (Phi) is 3.42. The summed E-state index contributed by atoms with van der Waals surface area (Å²) >= 11 is 0. The molecule has 0 amide bonds. The Balaban J connectivity index is 1.95. The number of aromatic amines is 1. The van der Waals surface area contributed by atoms with E-state index in [0.29, 0.717) is 5.92 Å². The number of aromatic nitrogens is 3. The molecule has 17 heavy (non-hydrogen) atoms. The lowest BCUT2D eigenvalue weighted by Crippen LogP contribution is -1.95. The van der Waals surface area contributed by atoms with Gasteiger partial charge in [-0.15, -0.1) is 0 Å². The van der Waals surface area contributed by atoms with Gasteiger partial charge in [-0.05, 0) is 24.1 Å². The summed E-state index contributed by atoms with van der Waals surface area (Å²) < 4.78 is 0. The Morgan fingerprint density at radius 2 is 1.88 bits per heavy atom. The lowest BCUT2D eigenvalue weighted by Gasteiger charge is -1.99. The normalized spacial score (nSPS) is 11.0. The molecule has 90 valence electrons. The van der Waals surface area contributed by atoms with E-state index in [0.717, 1.165) is 30.2 Å². The van der Waals surface area contributed by atoms with Crippen LogP contribution in [0.15, 0.2) is 24.3 Å². The predicted octanol–water partition coefficient (Wildman–Crippen LogP) is 2.30. The lowest BCUT2D eigenvalue weighted by atomic mass is 10.1. The molecule has 2 aromatic rings. The van der Waals surface area contributed by atoms with Crippen LogP contribution in [0.1, 0.15) is 37.0 Å². The molecule has 2 rings (SSSR count). The largest absolute Gasteiger partial charge is 0.399 e.